The lowest BCUT2D eigenvalue weighted by molar-refractivity contribution is -0.120. The average Bonchev–Trinajstić information content (AvgIpc) is 1.87. The Bertz CT molecular complexity index is 102. The van der Waals surface area contributed by atoms with Crippen molar-refractivity contribution in [3.8, 4) is 0 Å². The smallest absolute Gasteiger partial charge is 0.219 e. The van der Waals surface area contributed by atoms with Crippen LogP contribution in [0.3, 0.4) is 0 Å². The molecule has 3 nitrogen and oxygen atoms in total. The predicted molar refractivity (Wildman–Crippen MR) is 41.6 cm³/mol. The third kappa shape index (κ3) is 5.56. The topological polar surface area (TPSA) is 55.1 Å². The number of carbonyl (C=O) groups is 1. The summed E-state index contributed by atoms with van der Waals surface area (Å²) in [4.78, 5) is 10.6. The fourth-order valence-electron chi connectivity index (χ4n) is 0.710. The van der Waals surface area contributed by atoms with Crippen LogP contribution in [0.15, 0.2) is 0 Å². The molecule has 0 aromatic rings. The minimum atomic E-state index is 0.0978. The Balaban J connectivity index is 3.12. The second-order valence-electron chi connectivity index (χ2n) is 2.54. The first-order valence-electron chi connectivity index (χ1n) is 3.63. The van der Waals surface area contributed by atoms with E-state index in [2.05, 4.69) is 5.32 Å². The molecule has 60 valence electrons. The zero-order chi connectivity index (χ0) is 7.98. The number of nitrogens with one attached hydrogen (secondary N) is 1. The Labute approximate surface area is 62.0 Å². The van der Waals surface area contributed by atoms with Crippen LogP contribution in [-0.4, -0.2) is 19.0 Å². The maximum absolute atomic E-state index is 10.6. The van der Waals surface area contributed by atoms with Crippen LogP contribution in [-0.2, 0) is 4.79 Å². The number of hydrogen-bond acceptors (Lipinski definition) is 2. The molecule has 1 amide bonds. The van der Waals surface area contributed by atoms with Crippen LogP contribution < -0.4 is 11.1 Å². The van der Waals surface area contributed by atoms with Crippen molar-refractivity contribution in [2.75, 3.05) is 7.05 Å². The van der Waals surface area contributed by atoms with Gasteiger partial charge >= 0.3 is 0 Å². The van der Waals surface area contributed by atoms with Gasteiger partial charge in [0.1, 0.15) is 0 Å². The lowest BCUT2D eigenvalue weighted by Gasteiger charge is -2.02. The van der Waals surface area contributed by atoms with E-state index < -0.39 is 0 Å². The van der Waals surface area contributed by atoms with E-state index in [0.29, 0.717) is 6.42 Å². The summed E-state index contributed by atoms with van der Waals surface area (Å²) in [5, 5.41) is 2.56. The number of amides is 1. The summed E-state index contributed by atoms with van der Waals surface area (Å²) in [6, 6.07) is 0.213. The Morgan fingerprint density at radius 2 is 2.30 bits per heavy atom. The van der Waals surface area contributed by atoms with Crippen molar-refractivity contribution in [3.05, 3.63) is 0 Å². The molecular weight excluding hydrogens is 128 g/mol. The Kier molecular flexibility index (Phi) is 4.94. The number of carbonyl (C=O) groups excluding carboxylic acids is 1. The maximum Gasteiger partial charge on any atom is 0.219 e. The van der Waals surface area contributed by atoms with Gasteiger partial charge in [0.05, 0.1) is 0 Å². The molecule has 0 radical (unpaired) electrons. The number of nitrogens with two attached hydrogens (primary N) is 1. The van der Waals surface area contributed by atoms with Crippen molar-refractivity contribution in [2.24, 2.45) is 5.73 Å². The summed E-state index contributed by atoms with van der Waals surface area (Å²) in [5.74, 6) is 0.0978. The van der Waals surface area contributed by atoms with Gasteiger partial charge in [0, 0.05) is 19.5 Å². The van der Waals surface area contributed by atoms with E-state index in [-0.39, 0.29) is 11.9 Å². The Hall–Kier alpha value is -0.570. The summed E-state index contributed by atoms with van der Waals surface area (Å²) < 4.78 is 0. The first kappa shape index (κ1) is 9.43. The van der Waals surface area contributed by atoms with E-state index in [9.17, 15) is 4.79 Å². The molecule has 0 fully saturated rings. The van der Waals surface area contributed by atoms with E-state index in [1.165, 1.54) is 0 Å². The van der Waals surface area contributed by atoms with Gasteiger partial charge in [0.25, 0.3) is 0 Å². The second-order valence-corrected chi connectivity index (χ2v) is 2.54. The standard InChI is InChI=1S/C7H16N2O/c1-6(8)4-3-5-7(10)9-2/h6H,3-5,8H2,1-2H3,(H,9,10). The van der Waals surface area contributed by atoms with Gasteiger partial charge in [0.2, 0.25) is 5.91 Å². The molecule has 0 aromatic heterocycles. The van der Waals surface area contributed by atoms with Gasteiger partial charge in [-0.05, 0) is 19.8 Å². The molecule has 10 heavy (non-hydrogen) atoms. The third-order valence-electron chi connectivity index (χ3n) is 1.34. The average molecular weight is 144 g/mol. The van der Waals surface area contributed by atoms with E-state index in [4.69, 9.17) is 5.73 Å². The van der Waals surface area contributed by atoms with E-state index >= 15 is 0 Å². The van der Waals surface area contributed by atoms with Crippen LogP contribution in [0.5, 0.6) is 0 Å². The van der Waals surface area contributed by atoms with Crippen molar-refractivity contribution in [2.45, 2.75) is 32.2 Å². The molecule has 0 aliphatic heterocycles. The minimum absolute atomic E-state index is 0.0978. The zero-order valence-corrected chi connectivity index (χ0v) is 6.68. The molecule has 3 heteroatoms. The van der Waals surface area contributed by atoms with Gasteiger partial charge < -0.3 is 11.1 Å². The summed E-state index contributed by atoms with van der Waals surface area (Å²) in [6.07, 6.45) is 2.41. The second kappa shape index (κ2) is 5.23. The molecule has 1 atom stereocenters. The molecule has 0 rings (SSSR count). The maximum atomic E-state index is 10.6. The Morgan fingerprint density at radius 3 is 2.70 bits per heavy atom. The van der Waals surface area contributed by atoms with Crippen molar-refractivity contribution in [3.63, 3.8) is 0 Å². The van der Waals surface area contributed by atoms with Gasteiger partial charge in [0.15, 0.2) is 0 Å². The summed E-state index contributed by atoms with van der Waals surface area (Å²) >= 11 is 0. The highest BCUT2D eigenvalue weighted by atomic mass is 16.1. The lowest BCUT2D eigenvalue weighted by Crippen LogP contribution is -2.19. The van der Waals surface area contributed by atoms with Crippen LogP contribution in [0.1, 0.15) is 26.2 Å². The molecule has 0 heterocycles. The molecular formula is C7H16N2O. The normalized spacial score (nSPS) is 12.7. The van der Waals surface area contributed by atoms with Crippen molar-refractivity contribution >= 4 is 5.91 Å². The predicted octanol–water partition coefficient (Wildman–Crippen LogP) is 0.250. The molecule has 1 unspecified atom stereocenters. The van der Waals surface area contributed by atoms with Crippen molar-refractivity contribution in [1.82, 2.24) is 5.32 Å². The molecule has 0 bridgehead atoms. The highest BCUT2D eigenvalue weighted by Gasteiger charge is 1.98. The monoisotopic (exact) mass is 144 g/mol. The number of rotatable bonds is 4. The lowest BCUT2D eigenvalue weighted by atomic mass is 10.1. The van der Waals surface area contributed by atoms with Crippen molar-refractivity contribution in [1.29, 1.82) is 0 Å². The summed E-state index contributed by atoms with van der Waals surface area (Å²) in [6.45, 7) is 1.95. The SMILES string of the molecule is CNC(=O)CCCC(C)N. The fraction of sp³-hybridized carbons (Fsp3) is 0.857. The van der Waals surface area contributed by atoms with Gasteiger partial charge in [-0.3, -0.25) is 4.79 Å². The first-order valence-corrected chi connectivity index (χ1v) is 3.63. The first-order chi connectivity index (χ1) is 4.66. The zero-order valence-electron chi connectivity index (χ0n) is 6.68. The third-order valence-corrected chi connectivity index (χ3v) is 1.34. The Morgan fingerprint density at radius 1 is 1.70 bits per heavy atom. The quantitative estimate of drug-likeness (QED) is 0.594. The molecule has 0 aliphatic rings. The highest BCUT2D eigenvalue weighted by Crippen LogP contribution is 1.97. The largest absolute Gasteiger partial charge is 0.359 e. The van der Waals surface area contributed by atoms with Crippen LogP contribution in [0, 0.1) is 0 Å². The molecule has 0 saturated carbocycles. The van der Waals surface area contributed by atoms with Gasteiger partial charge in [-0.1, -0.05) is 0 Å². The van der Waals surface area contributed by atoms with Gasteiger partial charge in [-0.25, -0.2) is 0 Å². The molecule has 0 spiro atoms. The van der Waals surface area contributed by atoms with Gasteiger partial charge in [-0.15, -0.1) is 0 Å². The number of hydrogen-bond donors (Lipinski definition) is 2. The van der Waals surface area contributed by atoms with Crippen LogP contribution in [0.2, 0.25) is 0 Å². The highest BCUT2D eigenvalue weighted by molar-refractivity contribution is 5.75. The van der Waals surface area contributed by atoms with Crippen LogP contribution >= 0.6 is 0 Å². The molecule has 0 aliphatic carbocycles. The van der Waals surface area contributed by atoms with Crippen LogP contribution in [0.25, 0.3) is 0 Å². The van der Waals surface area contributed by atoms with E-state index in [0.717, 1.165) is 12.8 Å². The summed E-state index contributed by atoms with van der Waals surface area (Å²) in [7, 11) is 1.65. The molecule has 0 saturated heterocycles. The minimum Gasteiger partial charge on any atom is -0.359 e. The van der Waals surface area contributed by atoms with Crippen molar-refractivity contribution < 1.29 is 4.79 Å². The van der Waals surface area contributed by atoms with Gasteiger partial charge in [-0.2, -0.15) is 0 Å². The van der Waals surface area contributed by atoms with Crippen LogP contribution in [0.4, 0.5) is 0 Å². The summed E-state index contributed by atoms with van der Waals surface area (Å²) in [5.41, 5.74) is 5.49. The molecule has 3 N–H and O–H groups in total. The molecule has 0 aromatic carbocycles. The van der Waals surface area contributed by atoms with E-state index in [1.807, 2.05) is 6.92 Å². The van der Waals surface area contributed by atoms with E-state index in [1.54, 1.807) is 7.05 Å². The fourth-order valence-corrected chi connectivity index (χ4v) is 0.710.